The molecule has 0 bridgehead atoms. The minimum absolute atomic E-state index is 0.179. The second kappa shape index (κ2) is 9.29. The molecule has 0 unspecified atom stereocenters. The Morgan fingerprint density at radius 1 is 1.20 bits per heavy atom. The van der Waals surface area contributed by atoms with Crippen LogP contribution in [0.4, 0.5) is 0 Å². The molecule has 0 saturated carbocycles. The number of hydrogen-bond acceptors (Lipinski definition) is 7. The molecule has 0 fully saturated rings. The molecule has 1 N–H and O–H groups in total. The van der Waals surface area contributed by atoms with Gasteiger partial charge in [-0.2, -0.15) is 14.9 Å². The molecule has 30 heavy (non-hydrogen) atoms. The van der Waals surface area contributed by atoms with Gasteiger partial charge in [-0.15, -0.1) is 0 Å². The summed E-state index contributed by atoms with van der Waals surface area (Å²) in [6.07, 6.45) is 1.53. The fraction of sp³-hybridized carbons (Fsp3) is 0.158. The Bertz CT molecular complexity index is 1160. The highest BCUT2D eigenvalue weighted by molar-refractivity contribution is 7.71. The van der Waals surface area contributed by atoms with Crippen molar-refractivity contribution in [1.29, 1.82) is 0 Å². The zero-order valence-corrected chi connectivity index (χ0v) is 18.4. The molecule has 156 valence electrons. The lowest BCUT2D eigenvalue weighted by Gasteiger charge is -2.13. The third-order valence-electron chi connectivity index (χ3n) is 3.87. The second-order valence-corrected chi connectivity index (χ2v) is 7.11. The summed E-state index contributed by atoms with van der Waals surface area (Å²) >= 11 is 17.5. The molecular formula is C19H16Cl2N4O4S. The Balaban J connectivity index is 2.04. The number of aromatic nitrogens is 3. The fourth-order valence-corrected chi connectivity index (χ4v) is 3.26. The summed E-state index contributed by atoms with van der Waals surface area (Å²) in [5.41, 5.74) is 1.21. The Kier molecular flexibility index (Phi) is 6.76. The largest absolute Gasteiger partial charge is 0.493 e. The number of ether oxygens (including phenoxy) is 3. The molecule has 0 aliphatic heterocycles. The number of H-pyrrole nitrogens is 1. The van der Waals surface area contributed by atoms with Crippen LogP contribution in [0.25, 0.3) is 11.4 Å². The van der Waals surface area contributed by atoms with E-state index in [1.54, 1.807) is 30.3 Å². The summed E-state index contributed by atoms with van der Waals surface area (Å²) in [4.78, 5) is 11.4. The number of aromatic amines is 1. The van der Waals surface area contributed by atoms with Crippen molar-refractivity contribution in [2.24, 2.45) is 5.10 Å². The average molecular weight is 467 g/mol. The number of nitrogens with zero attached hydrogens (tertiary/aromatic N) is 3. The minimum atomic E-state index is -0.498. The predicted molar refractivity (Wildman–Crippen MR) is 117 cm³/mol. The number of rotatable bonds is 6. The van der Waals surface area contributed by atoms with Gasteiger partial charge in [-0.3, -0.25) is 4.79 Å². The number of methoxy groups -OCH3 is 2. The van der Waals surface area contributed by atoms with Crippen molar-refractivity contribution >= 4 is 47.6 Å². The van der Waals surface area contributed by atoms with Crippen LogP contribution in [0.5, 0.6) is 17.2 Å². The van der Waals surface area contributed by atoms with Crippen molar-refractivity contribution in [3.8, 4) is 28.6 Å². The Labute approximate surface area is 187 Å². The van der Waals surface area contributed by atoms with Crippen LogP contribution in [0, 0.1) is 4.77 Å². The summed E-state index contributed by atoms with van der Waals surface area (Å²) in [5, 5.41) is 12.2. The van der Waals surface area contributed by atoms with Crippen molar-refractivity contribution < 1.29 is 19.0 Å². The quantitative estimate of drug-likeness (QED) is 0.244. The number of halogens is 2. The van der Waals surface area contributed by atoms with Crippen LogP contribution >= 0.6 is 35.4 Å². The van der Waals surface area contributed by atoms with E-state index in [2.05, 4.69) is 15.3 Å². The van der Waals surface area contributed by atoms with Gasteiger partial charge in [-0.05, 0) is 42.5 Å². The number of nitrogens with one attached hydrogen (secondary N) is 1. The van der Waals surface area contributed by atoms with Crippen LogP contribution in [0.1, 0.15) is 12.5 Å². The van der Waals surface area contributed by atoms with Gasteiger partial charge < -0.3 is 14.2 Å². The Morgan fingerprint density at radius 3 is 2.43 bits per heavy atom. The predicted octanol–water partition coefficient (Wildman–Crippen LogP) is 4.74. The van der Waals surface area contributed by atoms with E-state index in [1.165, 1.54) is 32.0 Å². The molecule has 0 radical (unpaired) electrons. The van der Waals surface area contributed by atoms with E-state index in [1.807, 2.05) is 0 Å². The first kappa shape index (κ1) is 21.8. The first-order valence-corrected chi connectivity index (χ1v) is 9.62. The zero-order chi connectivity index (χ0) is 21.8. The third kappa shape index (κ3) is 4.64. The number of carbonyl (C=O) groups is 1. The summed E-state index contributed by atoms with van der Waals surface area (Å²) < 4.78 is 17.5. The number of esters is 1. The van der Waals surface area contributed by atoms with Crippen molar-refractivity contribution in [3.05, 3.63) is 50.7 Å². The Morgan fingerprint density at radius 2 is 1.87 bits per heavy atom. The summed E-state index contributed by atoms with van der Waals surface area (Å²) in [6.45, 7) is 1.29. The molecule has 8 nitrogen and oxygen atoms in total. The van der Waals surface area contributed by atoms with Crippen LogP contribution in [0.2, 0.25) is 10.0 Å². The van der Waals surface area contributed by atoms with E-state index < -0.39 is 5.97 Å². The van der Waals surface area contributed by atoms with Crippen molar-refractivity contribution in [2.45, 2.75) is 6.92 Å². The summed E-state index contributed by atoms with van der Waals surface area (Å²) in [5.74, 6) is 0.708. The van der Waals surface area contributed by atoms with E-state index in [0.29, 0.717) is 38.5 Å². The molecule has 0 aliphatic carbocycles. The fourth-order valence-electron chi connectivity index (χ4n) is 2.59. The first-order valence-electron chi connectivity index (χ1n) is 8.45. The molecule has 1 aromatic heterocycles. The molecule has 0 amide bonds. The number of benzene rings is 2. The summed E-state index contributed by atoms with van der Waals surface area (Å²) in [7, 11) is 2.91. The van der Waals surface area contributed by atoms with E-state index in [-0.39, 0.29) is 10.5 Å². The molecular weight excluding hydrogens is 451 g/mol. The standard InChI is InChI=1S/C19H16Cl2N4O4S/c1-10(26)29-17-15(27-2)6-11(7-16(17)28-3)9-22-25-18(23-24-19(25)30)13-5-4-12(20)8-14(13)21/h4-9H,1-3H3,(H,24,30)/b22-9+. The molecule has 11 heteroatoms. The van der Waals surface area contributed by atoms with Gasteiger partial charge in [0.15, 0.2) is 17.3 Å². The molecule has 1 heterocycles. The van der Waals surface area contributed by atoms with Gasteiger partial charge in [0, 0.05) is 23.1 Å². The lowest BCUT2D eigenvalue weighted by molar-refractivity contribution is -0.132. The van der Waals surface area contributed by atoms with Crippen molar-refractivity contribution in [1.82, 2.24) is 14.9 Å². The number of hydrogen-bond donors (Lipinski definition) is 1. The highest BCUT2D eigenvalue weighted by atomic mass is 35.5. The lowest BCUT2D eigenvalue weighted by atomic mass is 10.2. The maximum Gasteiger partial charge on any atom is 0.308 e. The van der Waals surface area contributed by atoms with E-state index in [4.69, 9.17) is 49.6 Å². The maximum atomic E-state index is 11.4. The van der Waals surface area contributed by atoms with Crippen LogP contribution in [0.15, 0.2) is 35.4 Å². The van der Waals surface area contributed by atoms with Gasteiger partial charge in [0.1, 0.15) is 0 Å². The highest BCUT2D eigenvalue weighted by Gasteiger charge is 2.16. The van der Waals surface area contributed by atoms with Gasteiger partial charge in [0.05, 0.1) is 25.5 Å². The lowest BCUT2D eigenvalue weighted by Crippen LogP contribution is -2.05. The molecule has 3 rings (SSSR count). The zero-order valence-electron chi connectivity index (χ0n) is 16.1. The molecule has 3 aromatic rings. The molecule has 0 spiro atoms. The minimum Gasteiger partial charge on any atom is -0.493 e. The maximum absolute atomic E-state index is 11.4. The molecule has 0 saturated heterocycles. The van der Waals surface area contributed by atoms with Crippen molar-refractivity contribution in [3.63, 3.8) is 0 Å². The monoisotopic (exact) mass is 466 g/mol. The molecule has 2 aromatic carbocycles. The highest BCUT2D eigenvalue weighted by Crippen LogP contribution is 2.38. The van der Waals surface area contributed by atoms with Gasteiger partial charge >= 0.3 is 5.97 Å². The van der Waals surface area contributed by atoms with Crippen molar-refractivity contribution in [2.75, 3.05) is 14.2 Å². The van der Waals surface area contributed by atoms with Crippen LogP contribution in [-0.4, -0.2) is 41.3 Å². The van der Waals surface area contributed by atoms with E-state index in [9.17, 15) is 4.79 Å². The van der Waals surface area contributed by atoms with Gasteiger partial charge in [0.2, 0.25) is 10.5 Å². The van der Waals surface area contributed by atoms with Crippen LogP contribution in [0.3, 0.4) is 0 Å². The van der Waals surface area contributed by atoms with Gasteiger partial charge in [-0.1, -0.05) is 23.2 Å². The van der Waals surface area contributed by atoms with Gasteiger partial charge in [0.25, 0.3) is 0 Å². The smallest absolute Gasteiger partial charge is 0.308 e. The topological polar surface area (TPSA) is 90.7 Å². The third-order valence-corrected chi connectivity index (χ3v) is 4.69. The number of carbonyl (C=O) groups excluding carboxylic acids is 1. The average Bonchev–Trinajstić information content (AvgIpc) is 3.06. The first-order chi connectivity index (χ1) is 14.3. The Hall–Kier alpha value is -2.88. The van der Waals surface area contributed by atoms with Crippen LogP contribution < -0.4 is 14.2 Å². The van der Waals surface area contributed by atoms with Crippen LogP contribution in [-0.2, 0) is 4.79 Å². The normalized spacial score (nSPS) is 11.0. The second-order valence-electron chi connectivity index (χ2n) is 5.88. The molecule has 0 aliphatic rings. The SMILES string of the molecule is COc1cc(/C=N/n2c(-c3ccc(Cl)cc3Cl)n[nH]c2=S)cc(OC)c1OC(C)=O. The van der Waals surface area contributed by atoms with Gasteiger partial charge in [-0.25, -0.2) is 5.10 Å². The molecule has 0 atom stereocenters. The van der Waals surface area contributed by atoms with E-state index >= 15 is 0 Å². The summed E-state index contributed by atoms with van der Waals surface area (Å²) in [6, 6.07) is 8.30. The van der Waals surface area contributed by atoms with E-state index in [0.717, 1.165) is 0 Å².